The zero-order chi connectivity index (χ0) is 48.5. The number of carboxylic acid groups (broad SMARTS) is 1. The maximum absolute atomic E-state index is 14.9. The van der Waals surface area contributed by atoms with E-state index in [4.69, 9.17) is 14.3 Å². The average molecular weight is 931 g/mol. The Morgan fingerprint density at radius 1 is 0.706 bits per heavy atom. The van der Waals surface area contributed by atoms with Gasteiger partial charge in [-0.1, -0.05) is 123 Å². The number of carbonyl (C=O) groups is 7. The van der Waals surface area contributed by atoms with Crippen molar-refractivity contribution in [1.29, 1.82) is 0 Å². The van der Waals surface area contributed by atoms with Crippen LogP contribution in [0.2, 0.25) is 0 Å². The first-order valence-electron chi connectivity index (χ1n) is 23.0. The van der Waals surface area contributed by atoms with Gasteiger partial charge in [0, 0.05) is 19.5 Å². The summed E-state index contributed by atoms with van der Waals surface area (Å²) in [6.07, 6.45) is -1.17. The lowest BCUT2D eigenvalue weighted by Gasteiger charge is -2.45. The lowest BCUT2D eigenvalue weighted by atomic mass is 9.98. The summed E-state index contributed by atoms with van der Waals surface area (Å²) in [7, 11) is 1.36. The van der Waals surface area contributed by atoms with E-state index in [9.17, 15) is 38.7 Å². The number of fused-ring (bicyclic) bond motifs is 3. The van der Waals surface area contributed by atoms with Crippen molar-refractivity contribution in [3.8, 4) is 11.1 Å². The van der Waals surface area contributed by atoms with E-state index in [-0.39, 0.29) is 70.2 Å². The summed E-state index contributed by atoms with van der Waals surface area (Å²) in [5.41, 5.74) is 5.30. The summed E-state index contributed by atoms with van der Waals surface area (Å²) < 4.78 is 11.7. The Bertz CT molecular complexity index is 2430. The number of hydrogen-bond donors (Lipinski definition) is 2. The molecule has 0 unspecified atom stereocenters. The minimum Gasteiger partial charge on any atom is -0.480 e. The Morgan fingerprint density at radius 2 is 1.28 bits per heavy atom. The Labute approximate surface area is 395 Å². The third-order valence-corrected chi connectivity index (χ3v) is 12.5. The molecule has 4 aromatic carbocycles. The minimum absolute atomic E-state index is 0.0244. The van der Waals surface area contributed by atoms with Crippen molar-refractivity contribution in [2.45, 2.75) is 96.0 Å². The van der Waals surface area contributed by atoms with Gasteiger partial charge in [-0.25, -0.2) is 29.2 Å². The number of rotatable bonds is 15. The normalized spacial score (nSPS) is 17.9. The summed E-state index contributed by atoms with van der Waals surface area (Å²) in [6, 6.07) is 28.1. The van der Waals surface area contributed by atoms with Gasteiger partial charge >= 0.3 is 24.1 Å². The number of amides is 5. The van der Waals surface area contributed by atoms with Gasteiger partial charge in [-0.2, -0.15) is 5.01 Å². The molecule has 68 heavy (non-hydrogen) atoms. The Balaban J connectivity index is 1.15. The Kier molecular flexibility index (Phi) is 15.8. The molecule has 4 atom stereocenters. The summed E-state index contributed by atoms with van der Waals surface area (Å²) in [4.78, 5) is 105. The van der Waals surface area contributed by atoms with Gasteiger partial charge in [0.05, 0.1) is 13.0 Å². The van der Waals surface area contributed by atoms with E-state index >= 15 is 0 Å². The van der Waals surface area contributed by atoms with E-state index in [0.29, 0.717) is 17.5 Å². The zero-order valence-corrected chi connectivity index (χ0v) is 38.7. The molecule has 2 fully saturated rings. The van der Waals surface area contributed by atoms with Crippen LogP contribution in [-0.4, -0.2) is 123 Å². The average Bonchev–Trinajstić information content (AvgIpc) is 3.67. The van der Waals surface area contributed by atoms with Crippen LogP contribution in [-0.2, 0) is 51.3 Å². The molecule has 0 spiro atoms. The third kappa shape index (κ3) is 11.1. The third-order valence-electron chi connectivity index (χ3n) is 12.5. The first kappa shape index (κ1) is 48.7. The molecule has 5 amide bonds. The fraction of sp³-hybridized carbons (Fsp3) is 0.392. The van der Waals surface area contributed by atoms with Crippen molar-refractivity contribution in [3.63, 3.8) is 0 Å². The molecule has 17 heteroatoms. The number of likely N-dealkylation sites (N-methyl/N-ethyl adjacent to an activating group) is 1. The van der Waals surface area contributed by atoms with E-state index in [0.717, 1.165) is 47.4 Å². The van der Waals surface area contributed by atoms with Crippen LogP contribution in [0.15, 0.2) is 109 Å². The standard InChI is InChI=1S/C51H58N6O11/c1-33(2)29-42(49(62)63)52-46(59)43-25-15-27-54(50(64)66-31-36-19-9-6-10-20-36)56(43)47(60)34(3)53(4)48(61)44-26-16-28-55(68-45(58)30-35-17-7-5-8-18-35)57(44)51(65)67-32-41-39-23-13-11-21-37(39)38-22-12-14-24-40(38)41/h5-14,17-24,33-34,41-44H,15-16,25-32H2,1-4H3,(H,52,59)(H,62,63)/t34-,42-,43+,44+/m0/s1. The van der Waals surface area contributed by atoms with Crippen LogP contribution in [0.3, 0.4) is 0 Å². The monoisotopic (exact) mass is 930 g/mol. The summed E-state index contributed by atoms with van der Waals surface area (Å²) in [5, 5.41) is 16.5. The molecule has 7 rings (SSSR count). The van der Waals surface area contributed by atoms with Crippen LogP contribution < -0.4 is 5.32 Å². The van der Waals surface area contributed by atoms with Crippen LogP contribution in [0, 0.1) is 5.92 Å². The molecule has 1 aliphatic carbocycles. The fourth-order valence-corrected chi connectivity index (χ4v) is 8.98. The van der Waals surface area contributed by atoms with Crippen LogP contribution in [0.1, 0.15) is 81.0 Å². The molecular weight excluding hydrogens is 873 g/mol. The zero-order valence-electron chi connectivity index (χ0n) is 38.7. The van der Waals surface area contributed by atoms with Crippen molar-refractivity contribution in [1.82, 2.24) is 30.4 Å². The second kappa shape index (κ2) is 22.0. The topological polar surface area (TPSA) is 196 Å². The molecular formula is C51H58N6O11. The predicted molar refractivity (Wildman–Crippen MR) is 247 cm³/mol. The maximum Gasteiger partial charge on any atom is 0.429 e. The summed E-state index contributed by atoms with van der Waals surface area (Å²) in [5.74, 6) is -4.73. The first-order valence-corrected chi connectivity index (χ1v) is 23.0. The molecule has 4 aromatic rings. The highest BCUT2D eigenvalue weighted by Gasteiger charge is 2.47. The van der Waals surface area contributed by atoms with Crippen LogP contribution in [0.5, 0.6) is 0 Å². The maximum atomic E-state index is 14.9. The molecule has 2 saturated heterocycles. The van der Waals surface area contributed by atoms with Crippen molar-refractivity contribution in [2.24, 2.45) is 5.92 Å². The molecule has 0 aromatic heterocycles. The SMILES string of the molecule is CC(C)C[C@H](NC(=O)[C@H]1CCCN(C(=O)OCc2ccccc2)N1C(=O)[C@H](C)N(C)C(=O)[C@H]1CCCN(OC(=O)Cc2ccccc2)N1C(=O)OCC1c2ccccc2-c2ccccc21)C(=O)O. The number of hydrazine groups is 2. The van der Waals surface area contributed by atoms with Crippen LogP contribution >= 0.6 is 0 Å². The molecule has 2 aliphatic heterocycles. The largest absolute Gasteiger partial charge is 0.480 e. The smallest absolute Gasteiger partial charge is 0.429 e. The number of nitrogens with zero attached hydrogens (tertiary/aromatic N) is 5. The van der Waals surface area contributed by atoms with Gasteiger partial charge in [0.15, 0.2) is 0 Å². The number of carboxylic acids is 1. The number of hydroxylamine groups is 1. The van der Waals surface area contributed by atoms with Gasteiger partial charge in [0.1, 0.15) is 37.4 Å². The van der Waals surface area contributed by atoms with Crippen molar-refractivity contribution in [3.05, 3.63) is 131 Å². The van der Waals surface area contributed by atoms with Crippen LogP contribution in [0.4, 0.5) is 9.59 Å². The van der Waals surface area contributed by atoms with Crippen molar-refractivity contribution >= 4 is 41.8 Å². The van der Waals surface area contributed by atoms with E-state index in [1.54, 1.807) is 48.5 Å². The number of nitrogens with one attached hydrogen (secondary N) is 1. The minimum atomic E-state index is -1.37. The van der Waals surface area contributed by atoms with Gasteiger partial charge in [-0.15, -0.1) is 0 Å². The molecule has 0 bridgehead atoms. The van der Waals surface area contributed by atoms with Gasteiger partial charge < -0.3 is 29.6 Å². The quantitative estimate of drug-likeness (QED) is 0.135. The van der Waals surface area contributed by atoms with Gasteiger partial charge in [-0.3, -0.25) is 14.4 Å². The van der Waals surface area contributed by atoms with Gasteiger partial charge in [0.2, 0.25) is 11.8 Å². The molecule has 2 N–H and O–H groups in total. The Morgan fingerprint density at radius 3 is 1.90 bits per heavy atom. The van der Waals surface area contributed by atoms with Gasteiger partial charge in [-0.05, 0) is 83.5 Å². The number of benzene rings is 4. The van der Waals surface area contributed by atoms with E-state index < -0.39 is 66.0 Å². The highest BCUT2D eigenvalue weighted by Crippen LogP contribution is 2.44. The predicted octanol–water partition coefficient (Wildman–Crippen LogP) is 6.33. The second-order valence-electron chi connectivity index (χ2n) is 17.7. The lowest BCUT2D eigenvalue weighted by molar-refractivity contribution is -0.274. The van der Waals surface area contributed by atoms with E-state index in [1.165, 1.54) is 14.0 Å². The molecule has 0 saturated carbocycles. The number of carbonyl (C=O) groups excluding carboxylic acids is 6. The van der Waals surface area contributed by atoms with Crippen molar-refractivity contribution < 1.29 is 53.0 Å². The first-order chi connectivity index (χ1) is 32.7. The lowest BCUT2D eigenvalue weighted by Crippen LogP contribution is -2.67. The Hall–Kier alpha value is -7.27. The number of aliphatic carboxylic acids is 1. The van der Waals surface area contributed by atoms with Crippen LogP contribution in [0.25, 0.3) is 11.1 Å². The van der Waals surface area contributed by atoms with E-state index in [1.807, 2.05) is 74.5 Å². The molecule has 2 heterocycles. The fourth-order valence-electron chi connectivity index (χ4n) is 8.98. The van der Waals surface area contributed by atoms with Gasteiger partial charge in [0.25, 0.3) is 5.91 Å². The highest BCUT2D eigenvalue weighted by molar-refractivity contribution is 5.95. The molecule has 17 nitrogen and oxygen atoms in total. The number of ether oxygens (including phenoxy) is 2. The highest BCUT2D eigenvalue weighted by atomic mass is 16.8. The summed E-state index contributed by atoms with van der Waals surface area (Å²) in [6.45, 7) is 4.83. The molecule has 0 radical (unpaired) electrons. The molecule has 358 valence electrons. The number of hydrogen-bond acceptors (Lipinski definition) is 11. The summed E-state index contributed by atoms with van der Waals surface area (Å²) >= 11 is 0. The second-order valence-corrected chi connectivity index (χ2v) is 17.7. The van der Waals surface area contributed by atoms with Crippen molar-refractivity contribution in [2.75, 3.05) is 26.7 Å². The van der Waals surface area contributed by atoms with E-state index in [2.05, 4.69) is 5.32 Å². The molecule has 3 aliphatic rings.